The molecule has 116 valence electrons. The first-order chi connectivity index (χ1) is 10.2. The standard InChI is InChI=1S/C12H10F3N5O2/c1-7-6-19(11(16)18-7)17-5-8-9(12(13,14)15)3-2-4-10(8)20(21)22/h2-6H,1H3,(H2,16,18). The van der Waals surface area contributed by atoms with Crippen LogP contribution >= 0.6 is 0 Å². The fraction of sp³-hybridized carbons (Fsp3) is 0.167. The molecule has 1 aromatic heterocycles. The van der Waals surface area contributed by atoms with Crippen LogP contribution in [0.3, 0.4) is 0 Å². The van der Waals surface area contributed by atoms with Crippen LogP contribution in [0.4, 0.5) is 24.8 Å². The van der Waals surface area contributed by atoms with Crippen molar-refractivity contribution in [3.63, 3.8) is 0 Å². The van der Waals surface area contributed by atoms with Crippen LogP contribution < -0.4 is 5.73 Å². The van der Waals surface area contributed by atoms with Crippen molar-refractivity contribution in [2.45, 2.75) is 13.1 Å². The van der Waals surface area contributed by atoms with Gasteiger partial charge in [-0.3, -0.25) is 10.1 Å². The molecule has 0 saturated carbocycles. The lowest BCUT2D eigenvalue weighted by atomic mass is 10.1. The van der Waals surface area contributed by atoms with E-state index in [0.717, 1.165) is 29.1 Å². The molecule has 0 bridgehead atoms. The van der Waals surface area contributed by atoms with Gasteiger partial charge in [0.1, 0.15) is 0 Å². The number of anilines is 1. The summed E-state index contributed by atoms with van der Waals surface area (Å²) in [4.78, 5) is 13.8. The number of nitrogen functional groups attached to an aromatic ring is 1. The molecule has 7 nitrogen and oxygen atoms in total. The Kier molecular flexibility index (Phi) is 3.85. The van der Waals surface area contributed by atoms with Gasteiger partial charge < -0.3 is 5.73 Å². The number of nitro groups is 1. The number of aromatic nitrogens is 2. The Morgan fingerprint density at radius 3 is 2.64 bits per heavy atom. The topological polar surface area (TPSA) is 99.3 Å². The van der Waals surface area contributed by atoms with Gasteiger partial charge >= 0.3 is 6.18 Å². The van der Waals surface area contributed by atoms with Crippen LogP contribution in [-0.2, 0) is 6.18 Å². The second kappa shape index (κ2) is 5.47. The maximum atomic E-state index is 13.0. The summed E-state index contributed by atoms with van der Waals surface area (Å²) < 4.78 is 40.0. The van der Waals surface area contributed by atoms with E-state index in [1.165, 1.54) is 6.20 Å². The van der Waals surface area contributed by atoms with E-state index >= 15 is 0 Å². The van der Waals surface area contributed by atoms with Crippen molar-refractivity contribution < 1.29 is 18.1 Å². The molecule has 2 N–H and O–H groups in total. The third kappa shape index (κ3) is 3.05. The summed E-state index contributed by atoms with van der Waals surface area (Å²) in [6.45, 7) is 1.62. The Hall–Kier alpha value is -2.91. The minimum Gasteiger partial charge on any atom is -0.368 e. The highest BCUT2D eigenvalue weighted by Gasteiger charge is 2.36. The molecule has 0 spiro atoms. The number of rotatable bonds is 3. The van der Waals surface area contributed by atoms with Gasteiger partial charge in [0.15, 0.2) is 0 Å². The quantitative estimate of drug-likeness (QED) is 0.534. The Bertz CT molecular complexity index is 752. The van der Waals surface area contributed by atoms with E-state index in [1.807, 2.05) is 0 Å². The van der Waals surface area contributed by atoms with Crippen LogP contribution in [0.2, 0.25) is 0 Å². The zero-order valence-corrected chi connectivity index (χ0v) is 11.2. The fourth-order valence-corrected chi connectivity index (χ4v) is 1.81. The second-order valence-electron chi connectivity index (χ2n) is 4.32. The number of hydrogen-bond acceptors (Lipinski definition) is 5. The number of halogens is 3. The van der Waals surface area contributed by atoms with E-state index in [1.54, 1.807) is 6.92 Å². The second-order valence-corrected chi connectivity index (χ2v) is 4.32. The summed E-state index contributed by atoms with van der Waals surface area (Å²) in [7, 11) is 0. The number of nitrogens with zero attached hydrogens (tertiary/aromatic N) is 4. The van der Waals surface area contributed by atoms with Crippen molar-refractivity contribution in [3.8, 4) is 0 Å². The molecule has 1 aromatic carbocycles. The van der Waals surface area contributed by atoms with Gasteiger partial charge in [0.2, 0.25) is 5.95 Å². The molecule has 0 aliphatic heterocycles. The van der Waals surface area contributed by atoms with Crippen LogP contribution in [0.25, 0.3) is 0 Å². The normalized spacial score (nSPS) is 12.0. The molecule has 0 atom stereocenters. The average Bonchev–Trinajstić information content (AvgIpc) is 2.73. The summed E-state index contributed by atoms with van der Waals surface area (Å²) in [6.07, 6.45) is -2.62. The molecular weight excluding hydrogens is 303 g/mol. The first kappa shape index (κ1) is 15.5. The summed E-state index contributed by atoms with van der Waals surface area (Å²) in [5, 5.41) is 14.6. The van der Waals surface area contributed by atoms with Crippen molar-refractivity contribution in [3.05, 3.63) is 51.3 Å². The smallest absolute Gasteiger partial charge is 0.368 e. The van der Waals surface area contributed by atoms with Crippen LogP contribution in [0.1, 0.15) is 16.8 Å². The van der Waals surface area contributed by atoms with Crippen LogP contribution in [0.5, 0.6) is 0 Å². The minimum absolute atomic E-state index is 0.0408. The molecule has 0 saturated heterocycles. The van der Waals surface area contributed by atoms with Crippen molar-refractivity contribution in [1.82, 2.24) is 9.66 Å². The Morgan fingerprint density at radius 1 is 1.45 bits per heavy atom. The lowest BCUT2D eigenvalue weighted by Crippen LogP contribution is -2.11. The largest absolute Gasteiger partial charge is 0.417 e. The first-order valence-corrected chi connectivity index (χ1v) is 5.90. The maximum absolute atomic E-state index is 13.0. The Balaban J connectivity index is 2.57. The number of aryl methyl sites for hydroxylation is 1. The van der Waals surface area contributed by atoms with E-state index in [4.69, 9.17) is 5.73 Å². The fourth-order valence-electron chi connectivity index (χ4n) is 1.81. The van der Waals surface area contributed by atoms with Crippen LogP contribution in [0, 0.1) is 17.0 Å². The molecular formula is C12H10F3N5O2. The molecule has 0 unspecified atom stereocenters. The molecule has 10 heteroatoms. The Labute approximate surface area is 122 Å². The maximum Gasteiger partial charge on any atom is 0.417 e. The predicted octanol–water partition coefficient (Wildman–Crippen LogP) is 2.58. The lowest BCUT2D eigenvalue weighted by molar-refractivity contribution is -0.385. The van der Waals surface area contributed by atoms with E-state index in [2.05, 4.69) is 10.1 Å². The third-order valence-electron chi connectivity index (χ3n) is 2.73. The zero-order chi connectivity index (χ0) is 16.5. The van der Waals surface area contributed by atoms with E-state index in [9.17, 15) is 23.3 Å². The molecule has 22 heavy (non-hydrogen) atoms. The number of imidazole rings is 1. The number of hydrogen-bond donors (Lipinski definition) is 1. The summed E-state index contributed by atoms with van der Waals surface area (Å²) in [5.74, 6) is -0.0408. The van der Waals surface area contributed by atoms with Crippen molar-refractivity contribution in [2.75, 3.05) is 5.73 Å². The SMILES string of the molecule is Cc1cn(N=Cc2c([N+](=O)[O-])cccc2C(F)(F)F)c(N)n1. The highest BCUT2D eigenvalue weighted by Crippen LogP contribution is 2.34. The molecule has 0 aliphatic carbocycles. The van der Waals surface area contributed by atoms with Gasteiger partial charge in [-0.15, -0.1) is 0 Å². The zero-order valence-electron chi connectivity index (χ0n) is 11.2. The molecule has 2 rings (SSSR count). The van der Waals surface area contributed by atoms with Gasteiger partial charge in [-0.1, -0.05) is 6.07 Å². The van der Waals surface area contributed by atoms with E-state index < -0.39 is 27.9 Å². The van der Waals surface area contributed by atoms with Crippen LogP contribution in [-0.4, -0.2) is 20.8 Å². The van der Waals surface area contributed by atoms with Gasteiger partial charge in [-0.2, -0.15) is 18.3 Å². The summed E-state index contributed by atoms with van der Waals surface area (Å²) in [6, 6.07) is 2.68. The molecule has 2 aromatic rings. The van der Waals surface area contributed by atoms with Crippen LogP contribution in [0.15, 0.2) is 29.5 Å². The number of nitro benzene ring substituents is 1. The van der Waals surface area contributed by atoms with Gasteiger partial charge in [-0.25, -0.2) is 9.66 Å². The molecule has 1 heterocycles. The number of benzene rings is 1. The van der Waals surface area contributed by atoms with Crippen molar-refractivity contribution >= 4 is 17.9 Å². The highest BCUT2D eigenvalue weighted by molar-refractivity contribution is 5.87. The lowest BCUT2D eigenvalue weighted by Gasteiger charge is -2.09. The van der Waals surface area contributed by atoms with Gasteiger partial charge in [0, 0.05) is 6.07 Å². The van der Waals surface area contributed by atoms with Crippen molar-refractivity contribution in [1.29, 1.82) is 0 Å². The molecule has 0 radical (unpaired) electrons. The van der Waals surface area contributed by atoms with Gasteiger partial charge in [0.25, 0.3) is 5.69 Å². The molecule has 0 fully saturated rings. The number of alkyl halides is 3. The summed E-state index contributed by atoms with van der Waals surface area (Å²) in [5.41, 5.74) is 3.52. The first-order valence-electron chi connectivity index (χ1n) is 5.90. The van der Waals surface area contributed by atoms with E-state index in [-0.39, 0.29) is 5.95 Å². The van der Waals surface area contributed by atoms with Gasteiger partial charge in [-0.05, 0) is 13.0 Å². The monoisotopic (exact) mass is 313 g/mol. The predicted molar refractivity (Wildman–Crippen MR) is 72.5 cm³/mol. The Morgan fingerprint density at radius 2 is 2.14 bits per heavy atom. The number of nitrogens with two attached hydrogens (primary N) is 1. The summed E-state index contributed by atoms with van der Waals surface area (Å²) >= 11 is 0. The molecule has 0 amide bonds. The third-order valence-corrected chi connectivity index (χ3v) is 2.73. The van der Waals surface area contributed by atoms with Gasteiger partial charge in [0.05, 0.1) is 34.2 Å². The molecule has 0 aliphatic rings. The van der Waals surface area contributed by atoms with E-state index in [0.29, 0.717) is 5.69 Å². The van der Waals surface area contributed by atoms with Crippen molar-refractivity contribution in [2.24, 2.45) is 5.10 Å². The highest BCUT2D eigenvalue weighted by atomic mass is 19.4. The average molecular weight is 313 g/mol. The minimum atomic E-state index is -4.75.